The van der Waals surface area contributed by atoms with Gasteiger partial charge < -0.3 is 4.90 Å². The molecule has 0 spiro atoms. The van der Waals surface area contributed by atoms with E-state index in [1.807, 2.05) is 12.1 Å². The Balaban J connectivity index is 1.14. The lowest BCUT2D eigenvalue weighted by Crippen LogP contribution is -2.12. The standard InChI is InChI=1S/C46H25N7S3/c1-5-14-30-26(10-1)24-27-11-2-6-15-31(27)40(30)34-20-22-38(45-42(34)48-55-51-45)53(37-19-9-18-36-44(37)50-54-47-36)39-23-21-35(43-46(39)52-56-49-43)41-32-16-7-3-12-28(32)25-29-13-4-8-17-33(29)41/h1-25H. The van der Waals surface area contributed by atoms with Gasteiger partial charge in [-0.15, -0.1) is 0 Å². The van der Waals surface area contributed by atoms with Gasteiger partial charge in [-0.25, -0.2) is 0 Å². The average Bonchev–Trinajstić information content (AvgIpc) is 4.05. The quantitative estimate of drug-likeness (QED) is 0.161. The first-order valence-electron chi connectivity index (χ1n) is 18.1. The van der Waals surface area contributed by atoms with Crippen molar-refractivity contribution < 1.29 is 0 Å². The molecular formula is C46H25N7S3. The summed E-state index contributed by atoms with van der Waals surface area (Å²) in [5.74, 6) is 0. The van der Waals surface area contributed by atoms with Crippen LogP contribution in [-0.2, 0) is 0 Å². The molecule has 7 nitrogen and oxygen atoms in total. The van der Waals surface area contributed by atoms with Gasteiger partial charge in [0.15, 0.2) is 0 Å². The van der Waals surface area contributed by atoms with Crippen LogP contribution in [0.3, 0.4) is 0 Å². The smallest absolute Gasteiger partial charge is 0.129 e. The Morgan fingerprint density at radius 3 is 1.20 bits per heavy atom. The lowest BCUT2D eigenvalue weighted by Gasteiger charge is -2.26. The summed E-state index contributed by atoms with van der Waals surface area (Å²) in [6, 6.07) is 53.7. The van der Waals surface area contributed by atoms with Crippen molar-refractivity contribution in [2.45, 2.75) is 0 Å². The summed E-state index contributed by atoms with van der Waals surface area (Å²) in [7, 11) is 0. The van der Waals surface area contributed by atoms with Gasteiger partial charge in [-0.05, 0) is 103 Å². The number of hydrogen-bond acceptors (Lipinski definition) is 10. The Bertz CT molecular complexity index is 3230. The van der Waals surface area contributed by atoms with Crippen LogP contribution in [0.5, 0.6) is 0 Å². The zero-order valence-electron chi connectivity index (χ0n) is 29.3. The first-order valence-corrected chi connectivity index (χ1v) is 20.3. The second-order valence-electron chi connectivity index (χ2n) is 13.8. The molecule has 0 aliphatic heterocycles. The average molecular weight is 772 g/mol. The highest BCUT2D eigenvalue weighted by molar-refractivity contribution is 7.00. The molecule has 0 radical (unpaired) electrons. The Morgan fingerprint density at radius 2 is 0.714 bits per heavy atom. The van der Waals surface area contributed by atoms with Gasteiger partial charge in [0.25, 0.3) is 0 Å². The van der Waals surface area contributed by atoms with Crippen molar-refractivity contribution in [3.8, 4) is 22.3 Å². The first-order chi connectivity index (χ1) is 27.8. The lowest BCUT2D eigenvalue weighted by molar-refractivity contribution is 1.31. The molecule has 3 heterocycles. The molecule has 12 aromatic rings. The number of rotatable bonds is 5. The summed E-state index contributed by atoms with van der Waals surface area (Å²) in [5, 5.41) is 9.44. The van der Waals surface area contributed by atoms with Crippen molar-refractivity contribution in [1.82, 2.24) is 26.2 Å². The van der Waals surface area contributed by atoms with Crippen molar-refractivity contribution in [1.29, 1.82) is 0 Å². The Hall–Kier alpha value is -6.72. The van der Waals surface area contributed by atoms with Crippen LogP contribution in [0, 0.1) is 0 Å². The van der Waals surface area contributed by atoms with Gasteiger partial charge in [0, 0.05) is 11.1 Å². The van der Waals surface area contributed by atoms with Crippen molar-refractivity contribution in [3.05, 3.63) is 152 Å². The van der Waals surface area contributed by atoms with Crippen molar-refractivity contribution in [2.24, 2.45) is 0 Å². The van der Waals surface area contributed by atoms with Crippen molar-refractivity contribution in [3.63, 3.8) is 0 Å². The third kappa shape index (κ3) is 4.67. The molecule has 3 aromatic heterocycles. The molecule has 0 aliphatic rings. The van der Waals surface area contributed by atoms with E-state index >= 15 is 0 Å². The van der Waals surface area contributed by atoms with Gasteiger partial charge in [-0.2, -0.15) is 26.2 Å². The van der Waals surface area contributed by atoms with E-state index in [1.54, 1.807) is 0 Å². The summed E-state index contributed by atoms with van der Waals surface area (Å²) in [6.07, 6.45) is 0. The Kier molecular flexibility index (Phi) is 7.00. The summed E-state index contributed by atoms with van der Waals surface area (Å²) < 4.78 is 29.5. The van der Waals surface area contributed by atoms with Gasteiger partial charge in [0.05, 0.1) is 52.2 Å². The second kappa shape index (κ2) is 12.4. The normalized spacial score (nSPS) is 11.9. The molecule has 9 aromatic carbocycles. The topological polar surface area (TPSA) is 80.6 Å². The Labute approximate surface area is 331 Å². The molecule has 0 N–H and O–H groups in total. The van der Waals surface area contributed by atoms with Crippen LogP contribution in [0.25, 0.3) is 98.4 Å². The van der Waals surface area contributed by atoms with Crippen LogP contribution in [0.1, 0.15) is 0 Å². The van der Waals surface area contributed by atoms with E-state index in [4.69, 9.17) is 21.9 Å². The largest absolute Gasteiger partial charge is 0.304 e. The van der Waals surface area contributed by atoms with E-state index in [1.165, 1.54) is 78.3 Å². The minimum atomic E-state index is 0.796. The molecule has 262 valence electrons. The van der Waals surface area contributed by atoms with Crippen LogP contribution in [0.2, 0.25) is 0 Å². The highest BCUT2D eigenvalue weighted by Crippen LogP contribution is 2.49. The number of anilines is 3. The molecule has 0 amide bonds. The number of nitrogens with zero attached hydrogens (tertiary/aromatic N) is 7. The first kappa shape index (κ1) is 31.6. The molecule has 0 saturated carbocycles. The lowest BCUT2D eigenvalue weighted by atomic mass is 9.90. The summed E-state index contributed by atoms with van der Waals surface area (Å²) in [4.78, 5) is 2.23. The number of aromatic nitrogens is 6. The molecule has 0 bridgehead atoms. The molecular weight excluding hydrogens is 747 g/mol. The van der Waals surface area contributed by atoms with Crippen LogP contribution in [-0.4, -0.2) is 26.2 Å². The molecule has 0 fully saturated rings. The highest BCUT2D eigenvalue weighted by Gasteiger charge is 2.27. The number of fused-ring (bicyclic) bond motifs is 7. The molecule has 0 atom stereocenters. The minimum Gasteiger partial charge on any atom is -0.304 e. The molecule has 56 heavy (non-hydrogen) atoms. The second-order valence-corrected chi connectivity index (χ2v) is 15.4. The monoisotopic (exact) mass is 771 g/mol. The van der Waals surface area contributed by atoms with E-state index in [-0.39, 0.29) is 0 Å². The SMILES string of the molecule is c1ccc2c(-c3ccc(N(c4cccc5nsnc45)c4ccc(-c5c6ccccc6cc6ccccc56)c5nsnc45)c4nsnc34)c3ccccc3cc2c1. The van der Waals surface area contributed by atoms with Crippen LogP contribution in [0.4, 0.5) is 17.1 Å². The third-order valence-electron chi connectivity index (χ3n) is 10.9. The summed E-state index contributed by atoms with van der Waals surface area (Å²) in [6.45, 7) is 0. The number of benzene rings is 9. The van der Waals surface area contributed by atoms with Gasteiger partial charge in [0.1, 0.15) is 33.1 Å². The predicted molar refractivity (Wildman–Crippen MR) is 235 cm³/mol. The predicted octanol–water partition coefficient (Wildman–Crippen LogP) is 13.1. The van der Waals surface area contributed by atoms with Crippen LogP contribution >= 0.6 is 35.2 Å². The molecule has 0 aliphatic carbocycles. The third-order valence-corrected chi connectivity index (χ3v) is 12.5. The zero-order chi connectivity index (χ0) is 36.7. The van der Waals surface area contributed by atoms with Crippen molar-refractivity contribution >= 4 is 128 Å². The van der Waals surface area contributed by atoms with Gasteiger partial charge in [-0.1, -0.05) is 103 Å². The van der Waals surface area contributed by atoms with Crippen LogP contribution < -0.4 is 4.90 Å². The molecule has 0 unspecified atom stereocenters. The van der Waals surface area contributed by atoms with Crippen molar-refractivity contribution in [2.75, 3.05) is 4.90 Å². The molecule has 12 rings (SSSR count). The maximum Gasteiger partial charge on any atom is 0.129 e. The Morgan fingerprint density at radius 1 is 0.321 bits per heavy atom. The van der Waals surface area contributed by atoms with Gasteiger partial charge >= 0.3 is 0 Å². The van der Waals surface area contributed by atoms with Crippen LogP contribution in [0.15, 0.2) is 152 Å². The maximum absolute atomic E-state index is 5.03. The summed E-state index contributed by atoms with van der Waals surface area (Å²) in [5.41, 5.74) is 11.9. The fourth-order valence-corrected chi connectivity index (χ4v) is 10.1. The fraction of sp³-hybridized carbons (Fsp3) is 0. The minimum absolute atomic E-state index is 0.796. The summed E-state index contributed by atoms with van der Waals surface area (Å²) >= 11 is 3.67. The van der Waals surface area contributed by atoms with E-state index in [0.29, 0.717) is 0 Å². The molecule has 0 saturated heterocycles. The number of hydrogen-bond donors (Lipinski definition) is 0. The maximum atomic E-state index is 5.03. The van der Waals surface area contributed by atoms with Gasteiger partial charge in [0.2, 0.25) is 0 Å². The molecule has 10 heteroatoms. The highest BCUT2D eigenvalue weighted by atomic mass is 32.1. The van der Waals surface area contributed by atoms with E-state index < -0.39 is 0 Å². The van der Waals surface area contributed by atoms with E-state index in [0.717, 1.165) is 72.4 Å². The van der Waals surface area contributed by atoms with Gasteiger partial charge in [-0.3, -0.25) is 0 Å². The zero-order valence-corrected chi connectivity index (χ0v) is 31.7. The fourth-order valence-electron chi connectivity index (χ4n) is 8.44. The van der Waals surface area contributed by atoms with E-state index in [2.05, 4.69) is 149 Å². The van der Waals surface area contributed by atoms with E-state index in [9.17, 15) is 0 Å².